The van der Waals surface area contributed by atoms with E-state index in [0.29, 0.717) is 50.7 Å². The van der Waals surface area contributed by atoms with E-state index < -0.39 is 0 Å². The van der Waals surface area contributed by atoms with E-state index in [0.717, 1.165) is 4.90 Å². The smallest absolute Gasteiger partial charge is 0.276 e. The average molecular weight is 377 g/mol. The van der Waals surface area contributed by atoms with E-state index >= 15 is 0 Å². The molecule has 2 fully saturated rings. The molecule has 10 heteroatoms. The van der Waals surface area contributed by atoms with Crippen molar-refractivity contribution in [3.05, 3.63) is 17.5 Å². The summed E-state index contributed by atoms with van der Waals surface area (Å²) in [4.78, 5) is 52.1. The van der Waals surface area contributed by atoms with Crippen molar-refractivity contribution >= 4 is 23.6 Å². The highest BCUT2D eigenvalue weighted by Crippen LogP contribution is 2.11. The lowest BCUT2D eigenvalue weighted by Gasteiger charge is -2.34. The van der Waals surface area contributed by atoms with Crippen LogP contribution < -0.4 is 5.32 Å². The van der Waals surface area contributed by atoms with Crippen LogP contribution >= 0.6 is 0 Å². The number of carbonyl (C=O) groups is 4. The van der Waals surface area contributed by atoms with Crippen molar-refractivity contribution in [3.63, 3.8) is 0 Å². The molecule has 0 unspecified atom stereocenters. The van der Waals surface area contributed by atoms with Gasteiger partial charge in [0.1, 0.15) is 12.3 Å². The van der Waals surface area contributed by atoms with E-state index in [4.69, 9.17) is 4.52 Å². The second-order valence-electron chi connectivity index (χ2n) is 6.68. The van der Waals surface area contributed by atoms with Crippen LogP contribution in [0.1, 0.15) is 29.1 Å². The Morgan fingerprint density at radius 1 is 1.15 bits per heavy atom. The van der Waals surface area contributed by atoms with E-state index in [1.54, 1.807) is 17.9 Å². The molecule has 0 spiro atoms. The summed E-state index contributed by atoms with van der Waals surface area (Å²) in [6.07, 6.45) is 0.367. The maximum atomic E-state index is 12.3. The predicted molar refractivity (Wildman–Crippen MR) is 92.5 cm³/mol. The Kier molecular flexibility index (Phi) is 5.84. The van der Waals surface area contributed by atoms with Gasteiger partial charge >= 0.3 is 0 Å². The Balaban J connectivity index is 1.35. The van der Waals surface area contributed by atoms with Gasteiger partial charge < -0.3 is 14.7 Å². The summed E-state index contributed by atoms with van der Waals surface area (Å²) in [6.45, 7) is 5.14. The molecular weight excluding hydrogens is 354 g/mol. The monoisotopic (exact) mass is 377 g/mol. The molecule has 2 aliphatic heterocycles. The SMILES string of the molecule is Cc1cc(C(=O)N2CCN(CCNC(=O)CN3C(=O)CCC3=O)CC2)no1. The molecule has 1 aromatic heterocycles. The van der Waals surface area contributed by atoms with Gasteiger partial charge in [-0.15, -0.1) is 0 Å². The fourth-order valence-electron chi connectivity index (χ4n) is 3.16. The normalized spacial score (nSPS) is 18.3. The van der Waals surface area contributed by atoms with E-state index in [1.807, 2.05) is 0 Å². The van der Waals surface area contributed by atoms with Gasteiger partial charge in [0, 0.05) is 58.2 Å². The topological polar surface area (TPSA) is 116 Å². The Hall–Kier alpha value is -2.75. The van der Waals surface area contributed by atoms with Crippen molar-refractivity contribution in [2.24, 2.45) is 0 Å². The highest BCUT2D eigenvalue weighted by atomic mass is 16.5. The highest BCUT2D eigenvalue weighted by molar-refractivity contribution is 6.04. The van der Waals surface area contributed by atoms with Gasteiger partial charge in [0.2, 0.25) is 17.7 Å². The number of likely N-dealkylation sites (tertiary alicyclic amines) is 1. The van der Waals surface area contributed by atoms with Gasteiger partial charge in [-0.1, -0.05) is 5.16 Å². The molecule has 4 amide bonds. The Labute approximate surface area is 156 Å². The van der Waals surface area contributed by atoms with Gasteiger partial charge in [0.15, 0.2) is 5.69 Å². The lowest BCUT2D eigenvalue weighted by atomic mass is 10.2. The van der Waals surface area contributed by atoms with Crippen LogP contribution in [0.15, 0.2) is 10.6 Å². The highest BCUT2D eigenvalue weighted by Gasteiger charge is 2.30. The number of piperazine rings is 1. The summed E-state index contributed by atoms with van der Waals surface area (Å²) in [5, 5.41) is 6.48. The van der Waals surface area contributed by atoms with Crippen LogP contribution in [0.4, 0.5) is 0 Å². The van der Waals surface area contributed by atoms with E-state index in [2.05, 4.69) is 15.4 Å². The van der Waals surface area contributed by atoms with E-state index in [1.165, 1.54) is 0 Å². The molecule has 27 heavy (non-hydrogen) atoms. The number of carbonyl (C=O) groups excluding carboxylic acids is 4. The minimum atomic E-state index is -0.339. The third-order valence-electron chi connectivity index (χ3n) is 4.71. The summed E-state index contributed by atoms with van der Waals surface area (Å²) in [5.41, 5.74) is 0.319. The zero-order chi connectivity index (χ0) is 19.4. The molecule has 0 saturated carbocycles. The molecule has 2 aliphatic rings. The largest absolute Gasteiger partial charge is 0.361 e. The minimum absolute atomic E-state index is 0.139. The zero-order valence-corrected chi connectivity index (χ0v) is 15.3. The Morgan fingerprint density at radius 3 is 2.41 bits per heavy atom. The second-order valence-corrected chi connectivity index (χ2v) is 6.68. The summed E-state index contributed by atoms with van der Waals surface area (Å²) in [7, 11) is 0. The van der Waals surface area contributed by atoms with Crippen LogP contribution in [0.3, 0.4) is 0 Å². The van der Waals surface area contributed by atoms with Gasteiger partial charge in [0.05, 0.1) is 0 Å². The summed E-state index contributed by atoms with van der Waals surface area (Å²) >= 11 is 0. The van der Waals surface area contributed by atoms with Crippen molar-refractivity contribution in [3.8, 4) is 0 Å². The standard InChI is InChI=1S/C17H23N5O5/c1-12-10-13(19-27-12)17(26)21-8-6-20(7-9-21)5-4-18-14(23)11-22-15(24)2-3-16(22)25/h10H,2-9,11H2,1H3,(H,18,23). The summed E-state index contributed by atoms with van der Waals surface area (Å²) in [5.74, 6) is -0.463. The number of rotatable bonds is 6. The van der Waals surface area contributed by atoms with Crippen molar-refractivity contribution in [1.29, 1.82) is 0 Å². The van der Waals surface area contributed by atoms with Crippen LogP contribution in [0, 0.1) is 6.92 Å². The average Bonchev–Trinajstić information content (AvgIpc) is 3.22. The van der Waals surface area contributed by atoms with Crippen molar-refractivity contribution in [2.45, 2.75) is 19.8 Å². The molecule has 146 valence electrons. The maximum absolute atomic E-state index is 12.3. The van der Waals surface area contributed by atoms with Crippen LogP contribution in [0.25, 0.3) is 0 Å². The number of amides is 4. The number of aromatic nitrogens is 1. The van der Waals surface area contributed by atoms with Crippen LogP contribution in [0.5, 0.6) is 0 Å². The summed E-state index contributed by atoms with van der Waals surface area (Å²) < 4.78 is 4.94. The first-order valence-corrected chi connectivity index (χ1v) is 8.99. The third-order valence-corrected chi connectivity index (χ3v) is 4.71. The number of nitrogens with zero attached hydrogens (tertiary/aromatic N) is 4. The molecule has 0 aromatic carbocycles. The van der Waals surface area contributed by atoms with Gasteiger partial charge in [-0.25, -0.2) is 0 Å². The van der Waals surface area contributed by atoms with E-state index in [9.17, 15) is 19.2 Å². The lowest BCUT2D eigenvalue weighted by molar-refractivity contribution is -0.142. The minimum Gasteiger partial charge on any atom is -0.361 e. The number of imide groups is 1. The molecule has 3 heterocycles. The molecule has 0 bridgehead atoms. The molecule has 1 N–H and O–H groups in total. The molecule has 3 rings (SSSR count). The second kappa shape index (κ2) is 8.30. The van der Waals surface area contributed by atoms with Crippen molar-refractivity contribution < 1.29 is 23.7 Å². The Bertz CT molecular complexity index is 722. The first kappa shape index (κ1) is 19.0. The molecule has 1 aromatic rings. The number of nitrogens with one attached hydrogen (secondary N) is 1. The first-order valence-electron chi connectivity index (χ1n) is 8.99. The summed E-state index contributed by atoms with van der Waals surface area (Å²) in [6, 6.07) is 1.63. The van der Waals surface area contributed by atoms with Gasteiger partial charge in [-0.3, -0.25) is 29.0 Å². The molecule has 10 nitrogen and oxygen atoms in total. The van der Waals surface area contributed by atoms with Crippen LogP contribution in [-0.4, -0.2) is 89.3 Å². The molecule has 0 radical (unpaired) electrons. The molecule has 0 atom stereocenters. The number of hydrogen-bond acceptors (Lipinski definition) is 7. The lowest BCUT2D eigenvalue weighted by Crippen LogP contribution is -2.50. The quantitative estimate of drug-likeness (QED) is 0.633. The molecule has 0 aliphatic carbocycles. The predicted octanol–water partition coefficient (Wildman–Crippen LogP) is -0.994. The third kappa shape index (κ3) is 4.70. The Morgan fingerprint density at radius 2 is 1.81 bits per heavy atom. The van der Waals surface area contributed by atoms with Crippen molar-refractivity contribution in [1.82, 2.24) is 25.2 Å². The fourth-order valence-corrected chi connectivity index (χ4v) is 3.16. The van der Waals surface area contributed by atoms with Crippen LogP contribution in [0.2, 0.25) is 0 Å². The van der Waals surface area contributed by atoms with Gasteiger partial charge in [-0.2, -0.15) is 0 Å². The van der Waals surface area contributed by atoms with E-state index in [-0.39, 0.29) is 43.0 Å². The molecular formula is C17H23N5O5. The van der Waals surface area contributed by atoms with Gasteiger partial charge in [-0.05, 0) is 6.92 Å². The molecule has 2 saturated heterocycles. The fraction of sp³-hybridized carbons (Fsp3) is 0.588. The maximum Gasteiger partial charge on any atom is 0.276 e. The first-order chi connectivity index (χ1) is 12.9. The van der Waals surface area contributed by atoms with Crippen molar-refractivity contribution in [2.75, 3.05) is 45.8 Å². The van der Waals surface area contributed by atoms with Gasteiger partial charge in [0.25, 0.3) is 5.91 Å². The van der Waals surface area contributed by atoms with Crippen LogP contribution in [-0.2, 0) is 14.4 Å². The number of aryl methyl sites for hydroxylation is 1. The zero-order valence-electron chi connectivity index (χ0n) is 15.3. The number of hydrogen-bond donors (Lipinski definition) is 1.